The van der Waals surface area contributed by atoms with Crippen molar-refractivity contribution < 1.29 is 0 Å². The molecule has 3 rings (SSSR count). The van der Waals surface area contributed by atoms with Gasteiger partial charge in [0.25, 0.3) is 0 Å². The molecule has 0 unspecified atom stereocenters. The first kappa shape index (κ1) is 12.9. The average Bonchev–Trinajstić information content (AvgIpc) is 2.48. The lowest BCUT2D eigenvalue weighted by Gasteiger charge is -2.12. The van der Waals surface area contributed by atoms with E-state index in [2.05, 4.69) is 68.2 Å². The fraction of sp³-hybridized carbons (Fsp3) is 0.211. The summed E-state index contributed by atoms with van der Waals surface area (Å²) >= 11 is 0. The average molecular weight is 261 g/mol. The standard InChI is InChI=1S/C19H19N/c1-13(2)16-9-10-17-18(11-16)14(3)12-20-19(17)15-7-5-4-6-8-15/h4-13H,1-3H3. The monoisotopic (exact) mass is 261 g/mol. The number of rotatable bonds is 2. The number of nitrogens with zero attached hydrogens (tertiary/aromatic N) is 1. The molecule has 0 aliphatic heterocycles. The zero-order valence-electron chi connectivity index (χ0n) is 12.2. The van der Waals surface area contributed by atoms with Crippen LogP contribution in [0.4, 0.5) is 0 Å². The lowest BCUT2D eigenvalue weighted by atomic mass is 9.95. The smallest absolute Gasteiger partial charge is 0.0780 e. The predicted molar refractivity (Wildman–Crippen MR) is 86.0 cm³/mol. The lowest BCUT2D eigenvalue weighted by molar-refractivity contribution is 0.868. The molecular weight excluding hydrogens is 242 g/mol. The van der Waals surface area contributed by atoms with Crippen molar-refractivity contribution in [1.29, 1.82) is 0 Å². The molecule has 0 N–H and O–H groups in total. The number of aromatic nitrogens is 1. The number of pyridine rings is 1. The van der Waals surface area contributed by atoms with E-state index in [1.54, 1.807) is 0 Å². The maximum Gasteiger partial charge on any atom is 0.0780 e. The summed E-state index contributed by atoms with van der Waals surface area (Å²) in [7, 11) is 0. The van der Waals surface area contributed by atoms with Gasteiger partial charge in [-0.3, -0.25) is 4.98 Å². The lowest BCUT2D eigenvalue weighted by Crippen LogP contribution is -1.92. The number of hydrogen-bond donors (Lipinski definition) is 0. The molecular formula is C19H19N. The van der Waals surface area contributed by atoms with Gasteiger partial charge in [0.1, 0.15) is 0 Å². The Morgan fingerprint density at radius 2 is 1.65 bits per heavy atom. The Balaban J connectivity index is 2.28. The fourth-order valence-corrected chi connectivity index (χ4v) is 2.58. The summed E-state index contributed by atoms with van der Waals surface area (Å²) in [6.07, 6.45) is 1.98. The quantitative estimate of drug-likeness (QED) is 0.607. The van der Waals surface area contributed by atoms with Crippen molar-refractivity contribution >= 4 is 10.8 Å². The van der Waals surface area contributed by atoms with Gasteiger partial charge in [0.15, 0.2) is 0 Å². The van der Waals surface area contributed by atoms with Gasteiger partial charge < -0.3 is 0 Å². The molecule has 0 saturated heterocycles. The highest BCUT2D eigenvalue weighted by Gasteiger charge is 2.09. The highest BCUT2D eigenvalue weighted by atomic mass is 14.7. The van der Waals surface area contributed by atoms with Crippen LogP contribution in [0, 0.1) is 6.92 Å². The molecule has 2 aromatic carbocycles. The summed E-state index contributed by atoms with van der Waals surface area (Å²) in [4.78, 5) is 4.65. The SMILES string of the molecule is Cc1cnc(-c2ccccc2)c2ccc(C(C)C)cc12. The third-order valence-corrected chi connectivity index (χ3v) is 3.82. The van der Waals surface area contributed by atoms with E-state index >= 15 is 0 Å². The van der Waals surface area contributed by atoms with Gasteiger partial charge in [0.2, 0.25) is 0 Å². The molecule has 3 aromatic rings. The van der Waals surface area contributed by atoms with Gasteiger partial charge in [0, 0.05) is 17.1 Å². The van der Waals surface area contributed by atoms with Crippen molar-refractivity contribution in [3.05, 3.63) is 65.9 Å². The van der Waals surface area contributed by atoms with Crippen molar-refractivity contribution in [2.24, 2.45) is 0 Å². The highest BCUT2D eigenvalue weighted by Crippen LogP contribution is 2.30. The van der Waals surface area contributed by atoms with E-state index in [9.17, 15) is 0 Å². The van der Waals surface area contributed by atoms with Crippen LogP contribution in [0.2, 0.25) is 0 Å². The van der Waals surface area contributed by atoms with Crippen LogP contribution in [0.3, 0.4) is 0 Å². The predicted octanol–water partition coefficient (Wildman–Crippen LogP) is 5.33. The molecule has 0 aliphatic carbocycles. The third-order valence-electron chi connectivity index (χ3n) is 3.82. The van der Waals surface area contributed by atoms with Crippen LogP contribution in [0.1, 0.15) is 30.9 Å². The van der Waals surface area contributed by atoms with Crippen LogP contribution >= 0.6 is 0 Å². The molecule has 1 heterocycles. The summed E-state index contributed by atoms with van der Waals surface area (Å²) in [5.41, 5.74) is 4.87. The number of benzene rings is 2. The number of fused-ring (bicyclic) bond motifs is 1. The summed E-state index contributed by atoms with van der Waals surface area (Å²) < 4.78 is 0. The van der Waals surface area contributed by atoms with Gasteiger partial charge in [-0.2, -0.15) is 0 Å². The molecule has 0 spiro atoms. The van der Waals surface area contributed by atoms with Gasteiger partial charge in [-0.15, -0.1) is 0 Å². The molecule has 1 nitrogen and oxygen atoms in total. The fourth-order valence-electron chi connectivity index (χ4n) is 2.58. The number of hydrogen-bond acceptors (Lipinski definition) is 1. The Morgan fingerprint density at radius 1 is 0.900 bits per heavy atom. The largest absolute Gasteiger partial charge is 0.255 e. The van der Waals surface area contributed by atoms with Gasteiger partial charge in [-0.05, 0) is 29.4 Å². The van der Waals surface area contributed by atoms with Gasteiger partial charge in [-0.25, -0.2) is 0 Å². The minimum absolute atomic E-state index is 0.548. The molecule has 20 heavy (non-hydrogen) atoms. The molecule has 0 amide bonds. The van der Waals surface area contributed by atoms with E-state index in [0.29, 0.717) is 5.92 Å². The Labute approximate surface area is 120 Å². The van der Waals surface area contributed by atoms with Crippen molar-refractivity contribution in [3.63, 3.8) is 0 Å². The van der Waals surface area contributed by atoms with E-state index in [-0.39, 0.29) is 0 Å². The molecule has 100 valence electrons. The zero-order valence-corrected chi connectivity index (χ0v) is 12.2. The van der Waals surface area contributed by atoms with E-state index in [0.717, 1.165) is 5.69 Å². The van der Waals surface area contributed by atoms with E-state index in [1.807, 2.05) is 12.3 Å². The second-order valence-corrected chi connectivity index (χ2v) is 5.62. The Hall–Kier alpha value is -2.15. The summed E-state index contributed by atoms with van der Waals surface area (Å²) in [6, 6.07) is 17.1. The van der Waals surface area contributed by atoms with Crippen molar-refractivity contribution in [1.82, 2.24) is 4.98 Å². The molecule has 0 fully saturated rings. The van der Waals surface area contributed by atoms with Crippen LogP contribution in [0.15, 0.2) is 54.7 Å². The van der Waals surface area contributed by atoms with Crippen LogP contribution in [0.5, 0.6) is 0 Å². The number of aryl methyl sites for hydroxylation is 1. The summed E-state index contributed by atoms with van der Waals surface area (Å²) in [5, 5.41) is 2.55. The summed E-state index contributed by atoms with van der Waals surface area (Å²) in [6.45, 7) is 6.60. The summed E-state index contributed by atoms with van der Waals surface area (Å²) in [5.74, 6) is 0.548. The maximum absolute atomic E-state index is 4.65. The van der Waals surface area contributed by atoms with Crippen molar-refractivity contribution in [2.45, 2.75) is 26.7 Å². The van der Waals surface area contributed by atoms with Crippen LogP contribution in [-0.2, 0) is 0 Å². The molecule has 0 atom stereocenters. The minimum Gasteiger partial charge on any atom is -0.255 e. The topological polar surface area (TPSA) is 12.9 Å². The van der Waals surface area contributed by atoms with Gasteiger partial charge in [0.05, 0.1) is 5.69 Å². The highest BCUT2D eigenvalue weighted by molar-refractivity contribution is 5.96. The first-order chi connectivity index (χ1) is 9.66. The van der Waals surface area contributed by atoms with Crippen LogP contribution < -0.4 is 0 Å². The first-order valence-electron chi connectivity index (χ1n) is 7.11. The van der Waals surface area contributed by atoms with Gasteiger partial charge in [-0.1, -0.05) is 62.4 Å². The Bertz CT molecular complexity index is 742. The van der Waals surface area contributed by atoms with Crippen LogP contribution in [-0.4, -0.2) is 4.98 Å². The zero-order chi connectivity index (χ0) is 14.1. The molecule has 0 aliphatic rings. The molecule has 0 saturated carbocycles. The maximum atomic E-state index is 4.65. The normalized spacial score (nSPS) is 11.2. The molecule has 1 aromatic heterocycles. The van der Waals surface area contributed by atoms with E-state index in [4.69, 9.17) is 0 Å². The second kappa shape index (κ2) is 5.09. The van der Waals surface area contributed by atoms with Gasteiger partial charge >= 0.3 is 0 Å². The molecule has 0 radical (unpaired) electrons. The second-order valence-electron chi connectivity index (χ2n) is 5.62. The van der Waals surface area contributed by atoms with Crippen LogP contribution in [0.25, 0.3) is 22.0 Å². The third kappa shape index (κ3) is 2.20. The van der Waals surface area contributed by atoms with Crippen molar-refractivity contribution in [2.75, 3.05) is 0 Å². The van der Waals surface area contributed by atoms with E-state index in [1.165, 1.54) is 27.5 Å². The van der Waals surface area contributed by atoms with Crippen molar-refractivity contribution in [3.8, 4) is 11.3 Å². The first-order valence-corrected chi connectivity index (χ1v) is 7.11. The minimum atomic E-state index is 0.548. The Kier molecular flexibility index (Phi) is 3.27. The molecule has 0 bridgehead atoms. The molecule has 1 heteroatoms. The van der Waals surface area contributed by atoms with E-state index < -0.39 is 0 Å². The Morgan fingerprint density at radius 3 is 2.35 bits per heavy atom.